The molecule has 0 amide bonds. The van der Waals surface area contributed by atoms with Gasteiger partial charge in [-0.25, -0.2) is 0 Å². The minimum absolute atomic E-state index is 0.0166. The molecule has 0 aliphatic rings. The second kappa shape index (κ2) is 3.84. The Balaban J connectivity index is 2.75. The van der Waals surface area contributed by atoms with Crippen LogP contribution in [0.5, 0.6) is 0 Å². The van der Waals surface area contributed by atoms with Gasteiger partial charge in [-0.15, -0.1) is 11.6 Å². The Morgan fingerprint density at radius 1 is 1.70 bits per heavy atom. The summed E-state index contributed by atoms with van der Waals surface area (Å²) >= 11 is 9.94. The SMILES string of the molecule is SCC(Cl)c1cccnc1. The second-order valence-electron chi connectivity index (χ2n) is 1.94. The molecule has 1 aromatic rings. The molecule has 1 atom stereocenters. The zero-order valence-electron chi connectivity index (χ0n) is 5.37. The minimum Gasteiger partial charge on any atom is -0.264 e. The Labute approximate surface area is 70.8 Å². The molecule has 1 unspecified atom stereocenters. The molecule has 1 aromatic heterocycles. The summed E-state index contributed by atoms with van der Waals surface area (Å²) in [6.07, 6.45) is 3.49. The van der Waals surface area contributed by atoms with Crippen LogP contribution in [0.1, 0.15) is 10.9 Å². The lowest BCUT2D eigenvalue weighted by Crippen LogP contribution is -1.90. The first-order chi connectivity index (χ1) is 4.84. The maximum Gasteiger partial charge on any atom is 0.0688 e. The maximum atomic E-state index is 5.87. The summed E-state index contributed by atoms with van der Waals surface area (Å²) in [6, 6.07) is 3.81. The third kappa shape index (κ3) is 1.89. The molecule has 1 rings (SSSR count). The Kier molecular flexibility index (Phi) is 3.03. The van der Waals surface area contributed by atoms with Crippen LogP contribution in [0.4, 0.5) is 0 Å². The summed E-state index contributed by atoms with van der Waals surface area (Å²) in [5.74, 6) is 0.646. The third-order valence-corrected chi connectivity index (χ3v) is 2.19. The number of alkyl halides is 1. The lowest BCUT2D eigenvalue weighted by Gasteiger charge is -2.03. The van der Waals surface area contributed by atoms with Gasteiger partial charge in [0.25, 0.3) is 0 Å². The predicted octanol–water partition coefficient (Wildman–Crippen LogP) is 2.29. The van der Waals surface area contributed by atoms with Crippen LogP contribution in [0.25, 0.3) is 0 Å². The molecule has 10 heavy (non-hydrogen) atoms. The average Bonchev–Trinajstić information content (AvgIpc) is 2.05. The fourth-order valence-corrected chi connectivity index (χ4v) is 1.01. The van der Waals surface area contributed by atoms with Crippen LogP contribution in [0.15, 0.2) is 24.5 Å². The molecule has 0 aliphatic heterocycles. The first kappa shape index (κ1) is 7.89. The van der Waals surface area contributed by atoms with E-state index in [1.807, 2.05) is 12.1 Å². The van der Waals surface area contributed by atoms with Gasteiger partial charge in [0, 0.05) is 18.1 Å². The number of thiol groups is 1. The van der Waals surface area contributed by atoms with E-state index in [4.69, 9.17) is 11.6 Å². The molecule has 0 radical (unpaired) electrons. The lowest BCUT2D eigenvalue weighted by molar-refractivity contribution is 1.08. The van der Waals surface area contributed by atoms with Crippen molar-refractivity contribution >= 4 is 24.2 Å². The minimum atomic E-state index is -0.0166. The Morgan fingerprint density at radius 2 is 2.50 bits per heavy atom. The van der Waals surface area contributed by atoms with E-state index in [1.165, 1.54) is 0 Å². The molecule has 0 aromatic carbocycles. The summed E-state index contributed by atoms with van der Waals surface area (Å²) in [6.45, 7) is 0. The molecular weight excluding hydrogens is 166 g/mol. The van der Waals surface area contributed by atoms with Crippen LogP contribution in [0, 0.1) is 0 Å². The van der Waals surface area contributed by atoms with Crippen LogP contribution < -0.4 is 0 Å². The standard InChI is InChI=1S/C7H8ClNS/c8-7(5-10)6-2-1-3-9-4-6/h1-4,7,10H,5H2. The van der Waals surface area contributed by atoms with E-state index in [1.54, 1.807) is 12.4 Å². The molecule has 0 saturated carbocycles. The van der Waals surface area contributed by atoms with Crippen molar-refractivity contribution < 1.29 is 0 Å². The van der Waals surface area contributed by atoms with Gasteiger partial charge in [-0.05, 0) is 11.6 Å². The summed E-state index contributed by atoms with van der Waals surface area (Å²) in [7, 11) is 0. The van der Waals surface area contributed by atoms with Crippen molar-refractivity contribution in [2.75, 3.05) is 5.75 Å². The van der Waals surface area contributed by atoms with Crippen LogP contribution >= 0.6 is 24.2 Å². The summed E-state index contributed by atoms with van der Waals surface area (Å²) < 4.78 is 0. The van der Waals surface area contributed by atoms with Crippen molar-refractivity contribution in [3.05, 3.63) is 30.1 Å². The Bertz CT molecular complexity index is 190. The highest BCUT2D eigenvalue weighted by molar-refractivity contribution is 7.80. The Hall–Kier alpha value is -0.210. The van der Waals surface area contributed by atoms with E-state index < -0.39 is 0 Å². The zero-order valence-corrected chi connectivity index (χ0v) is 7.02. The van der Waals surface area contributed by atoms with Gasteiger partial charge in [-0.2, -0.15) is 12.6 Å². The highest BCUT2D eigenvalue weighted by atomic mass is 35.5. The van der Waals surface area contributed by atoms with Crippen LogP contribution in [-0.2, 0) is 0 Å². The van der Waals surface area contributed by atoms with Gasteiger partial charge in [0.1, 0.15) is 0 Å². The van der Waals surface area contributed by atoms with Gasteiger partial charge in [0.05, 0.1) is 5.38 Å². The molecule has 1 nitrogen and oxygen atoms in total. The fraction of sp³-hybridized carbons (Fsp3) is 0.286. The number of hydrogen-bond acceptors (Lipinski definition) is 2. The van der Waals surface area contributed by atoms with Crippen molar-refractivity contribution in [2.45, 2.75) is 5.38 Å². The van der Waals surface area contributed by atoms with E-state index >= 15 is 0 Å². The smallest absolute Gasteiger partial charge is 0.0688 e. The largest absolute Gasteiger partial charge is 0.264 e. The van der Waals surface area contributed by atoms with Gasteiger partial charge in [-0.1, -0.05) is 6.07 Å². The fourth-order valence-electron chi connectivity index (χ4n) is 0.667. The first-order valence-corrected chi connectivity index (χ1v) is 4.06. The maximum absolute atomic E-state index is 5.87. The predicted molar refractivity (Wildman–Crippen MR) is 46.7 cm³/mol. The van der Waals surface area contributed by atoms with Crippen molar-refractivity contribution in [3.8, 4) is 0 Å². The highest BCUT2D eigenvalue weighted by Crippen LogP contribution is 2.19. The van der Waals surface area contributed by atoms with Gasteiger partial charge >= 0.3 is 0 Å². The first-order valence-electron chi connectivity index (χ1n) is 2.99. The van der Waals surface area contributed by atoms with E-state index in [-0.39, 0.29) is 5.38 Å². The summed E-state index contributed by atoms with van der Waals surface area (Å²) in [5, 5.41) is -0.0166. The second-order valence-corrected chi connectivity index (χ2v) is 2.83. The molecule has 0 bridgehead atoms. The molecule has 0 saturated heterocycles. The van der Waals surface area contributed by atoms with E-state index in [9.17, 15) is 0 Å². The molecule has 0 aliphatic carbocycles. The van der Waals surface area contributed by atoms with Crippen molar-refractivity contribution in [3.63, 3.8) is 0 Å². The number of pyridine rings is 1. The van der Waals surface area contributed by atoms with Gasteiger partial charge in [0.15, 0.2) is 0 Å². The highest BCUT2D eigenvalue weighted by Gasteiger charge is 2.02. The number of nitrogens with zero attached hydrogens (tertiary/aromatic N) is 1. The van der Waals surface area contributed by atoms with Crippen molar-refractivity contribution in [1.29, 1.82) is 0 Å². The van der Waals surface area contributed by atoms with Crippen molar-refractivity contribution in [2.24, 2.45) is 0 Å². The normalized spacial score (nSPS) is 13.0. The van der Waals surface area contributed by atoms with Gasteiger partial charge in [-0.3, -0.25) is 4.98 Å². The molecule has 0 spiro atoms. The molecule has 0 N–H and O–H groups in total. The van der Waals surface area contributed by atoms with Crippen LogP contribution in [0.3, 0.4) is 0 Å². The molecule has 1 heterocycles. The Morgan fingerprint density at radius 3 is 3.00 bits per heavy atom. The monoisotopic (exact) mass is 173 g/mol. The summed E-state index contributed by atoms with van der Waals surface area (Å²) in [5.41, 5.74) is 1.03. The van der Waals surface area contributed by atoms with E-state index in [0.717, 1.165) is 5.56 Å². The van der Waals surface area contributed by atoms with Gasteiger partial charge in [0.2, 0.25) is 0 Å². The quantitative estimate of drug-likeness (QED) is 0.535. The topological polar surface area (TPSA) is 12.9 Å². The molecule has 0 fully saturated rings. The molecule has 3 heteroatoms. The zero-order chi connectivity index (χ0) is 7.40. The number of rotatable bonds is 2. The number of hydrogen-bond donors (Lipinski definition) is 1. The number of aromatic nitrogens is 1. The van der Waals surface area contributed by atoms with E-state index in [0.29, 0.717) is 5.75 Å². The lowest BCUT2D eigenvalue weighted by atomic mass is 10.2. The van der Waals surface area contributed by atoms with E-state index in [2.05, 4.69) is 17.6 Å². The molecule has 54 valence electrons. The van der Waals surface area contributed by atoms with Crippen LogP contribution in [0.2, 0.25) is 0 Å². The van der Waals surface area contributed by atoms with Gasteiger partial charge < -0.3 is 0 Å². The van der Waals surface area contributed by atoms with Crippen molar-refractivity contribution in [1.82, 2.24) is 4.98 Å². The molecular formula is C7H8ClNS. The van der Waals surface area contributed by atoms with Crippen LogP contribution in [-0.4, -0.2) is 10.7 Å². The average molecular weight is 174 g/mol. The third-order valence-electron chi connectivity index (χ3n) is 1.21. The number of halogens is 1. The summed E-state index contributed by atoms with van der Waals surface area (Å²) in [4.78, 5) is 3.94.